The number of thiophene rings is 1. The normalized spacial score (nSPS) is 23.0. The average molecular weight is 399 g/mol. The van der Waals surface area contributed by atoms with Gasteiger partial charge in [-0.2, -0.15) is 0 Å². The number of aliphatic hydroxyl groups is 1. The second kappa shape index (κ2) is 5.77. The Kier molecular flexibility index (Phi) is 3.67. The maximum atomic E-state index is 9.86. The highest BCUT2D eigenvalue weighted by Gasteiger charge is 2.60. The first-order valence-electron chi connectivity index (χ1n) is 9.00. The predicted molar refractivity (Wildman–Crippen MR) is 108 cm³/mol. The number of nitrogens with zero attached hydrogens (tertiary/aromatic N) is 2. The van der Waals surface area contributed by atoms with Crippen molar-refractivity contribution in [3.63, 3.8) is 0 Å². The lowest BCUT2D eigenvalue weighted by Crippen LogP contribution is -2.14. The first kappa shape index (κ1) is 17.2. The molecule has 1 saturated carbocycles. The van der Waals surface area contributed by atoms with E-state index in [0.717, 1.165) is 45.2 Å². The molecule has 1 fully saturated rings. The zero-order valence-corrected chi connectivity index (χ0v) is 16.9. The van der Waals surface area contributed by atoms with Crippen LogP contribution >= 0.6 is 22.9 Å². The molecule has 0 amide bonds. The van der Waals surface area contributed by atoms with E-state index in [4.69, 9.17) is 21.1 Å². The highest BCUT2D eigenvalue weighted by Crippen LogP contribution is 2.60. The van der Waals surface area contributed by atoms with Gasteiger partial charge in [-0.1, -0.05) is 28.9 Å². The Balaban J connectivity index is 1.86. The Morgan fingerprint density at radius 1 is 1.22 bits per heavy atom. The van der Waals surface area contributed by atoms with Crippen molar-refractivity contribution in [1.82, 2.24) is 5.16 Å². The van der Waals surface area contributed by atoms with Gasteiger partial charge in [0.15, 0.2) is 0 Å². The third-order valence-electron chi connectivity index (χ3n) is 5.84. The quantitative estimate of drug-likeness (QED) is 0.657. The van der Waals surface area contributed by atoms with Gasteiger partial charge < -0.3 is 9.63 Å². The van der Waals surface area contributed by atoms with E-state index >= 15 is 0 Å². The van der Waals surface area contributed by atoms with Crippen LogP contribution in [-0.2, 0) is 5.54 Å². The molecule has 2 aliphatic rings. The molecule has 0 radical (unpaired) electrons. The number of aryl methyl sites for hydroxylation is 2. The van der Waals surface area contributed by atoms with E-state index in [2.05, 4.69) is 19.0 Å². The summed E-state index contributed by atoms with van der Waals surface area (Å²) < 4.78 is 5.59. The molecule has 1 aliphatic carbocycles. The summed E-state index contributed by atoms with van der Waals surface area (Å²) in [7, 11) is 0. The standard InChI is InChI=1S/C21H19ClN2O2S/c1-10-12(3)27-19-16(10)18(13-4-6-15(22)7-5-13)23-21(8-14(21)9-25)20-17(19)11(2)26-24-20/h4-7,14,25H,8-9H2,1-3H3. The molecule has 0 saturated heterocycles. The Morgan fingerprint density at radius 3 is 2.63 bits per heavy atom. The third-order valence-corrected chi connectivity index (χ3v) is 7.32. The summed E-state index contributed by atoms with van der Waals surface area (Å²) >= 11 is 7.88. The molecule has 1 aliphatic heterocycles. The van der Waals surface area contributed by atoms with Gasteiger partial charge in [-0.05, 0) is 44.9 Å². The van der Waals surface area contributed by atoms with E-state index in [1.807, 2.05) is 31.2 Å². The van der Waals surface area contributed by atoms with Gasteiger partial charge in [0.25, 0.3) is 0 Å². The molecule has 2 aromatic heterocycles. The first-order valence-corrected chi connectivity index (χ1v) is 10.2. The fourth-order valence-corrected chi connectivity index (χ4v) is 5.49. The summed E-state index contributed by atoms with van der Waals surface area (Å²) in [5.74, 6) is 0.876. The molecule has 138 valence electrons. The molecule has 1 spiro atoms. The van der Waals surface area contributed by atoms with Crippen molar-refractivity contribution >= 4 is 28.6 Å². The summed E-state index contributed by atoms with van der Waals surface area (Å²) in [6.45, 7) is 6.33. The van der Waals surface area contributed by atoms with E-state index in [0.29, 0.717) is 5.02 Å². The van der Waals surface area contributed by atoms with Gasteiger partial charge in [-0.25, -0.2) is 0 Å². The van der Waals surface area contributed by atoms with Crippen LogP contribution < -0.4 is 0 Å². The molecule has 1 aromatic carbocycles. The van der Waals surface area contributed by atoms with Crippen LogP contribution in [0.1, 0.15) is 39.4 Å². The number of hydrogen-bond acceptors (Lipinski definition) is 5. The van der Waals surface area contributed by atoms with Crippen LogP contribution in [0.15, 0.2) is 33.8 Å². The maximum absolute atomic E-state index is 9.86. The SMILES string of the molecule is Cc1onc2c1-c1sc(C)c(C)c1C(c1ccc(Cl)cc1)=NC21CC1CO. The number of rotatable bonds is 2. The number of hydrogen-bond donors (Lipinski definition) is 1. The van der Waals surface area contributed by atoms with E-state index in [-0.39, 0.29) is 12.5 Å². The molecule has 6 heteroatoms. The molecular weight excluding hydrogens is 380 g/mol. The predicted octanol–water partition coefficient (Wildman–Crippen LogP) is 5.04. The number of aromatic nitrogens is 1. The topological polar surface area (TPSA) is 58.6 Å². The van der Waals surface area contributed by atoms with Crippen molar-refractivity contribution in [2.45, 2.75) is 32.7 Å². The number of benzene rings is 1. The highest BCUT2D eigenvalue weighted by atomic mass is 35.5. The maximum Gasteiger partial charge on any atom is 0.142 e. The number of halogens is 1. The van der Waals surface area contributed by atoms with Gasteiger partial charge in [0.1, 0.15) is 17.0 Å². The smallest absolute Gasteiger partial charge is 0.142 e. The molecule has 1 N–H and O–H groups in total. The minimum Gasteiger partial charge on any atom is -0.396 e. The Labute approximate surface area is 166 Å². The van der Waals surface area contributed by atoms with Crippen molar-refractivity contribution < 1.29 is 9.63 Å². The fraction of sp³-hybridized carbons (Fsp3) is 0.333. The average Bonchev–Trinajstić information content (AvgIpc) is 3.15. The van der Waals surface area contributed by atoms with Crippen LogP contribution in [0.5, 0.6) is 0 Å². The first-order chi connectivity index (χ1) is 13.0. The van der Waals surface area contributed by atoms with E-state index in [1.54, 1.807) is 11.3 Å². The van der Waals surface area contributed by atoms with Crippen molar-refractivity contribution in [2.75, 3.05) is 6.61 Å². The Morgan fingerprint density at radius 2 is 1.96 bits per heavy atom. The molecule has 3 aromatic rings. The number of fused-ring (bicyclic) bond motifs is 4. The van der Waals surface area contributed by atoms with Crippen molar-refractivity contribution in [1.29, 1.82) is 0 Å². The van der Waals surface area contributed by atoms with Gasteiger partial charge in [-0.3, -0.25) is 4.99 Å². The van der Waals surface area contributed by atoms with Crippen molar-refractivity contribution in [2.24, 2.45) is 10.9 Å². The van der Waals surface area contributed by atoms with E-state index < -0.39 is 5.54 Å². The lowest BCUT2D eigenvalue weighted by molar-refractivity contribution is 0.262. The highest BCUT2D eigenvalue weighted by molar-refractivity contribution is 7.16. The molecule has 4 nitrogen and oxygen atoms in total. The van der Waals surface area contributed by atoms with Crippen LogP contribution in [0, 0.1) is 26.7 Å². The third kappa shape index (κ3) is 2.32. The summed E-state index contributed by atoms with van der Waals surface area (Å²) in [4.78, 5) is 7.66. The van der Waals surface area contributed by atoms with Gasteiger partial charge in [0.2, 0.25) is 0 Å². The van der Waals surface area contributed by atoms with Crippen LogP contribution in [0.4, 0.5) is 0 Å². The minimum absolute atomic E-state index is 0.0680. The summed E-state index contributed by atoms with van der Waals surface area (Å²) in [5, 5.41) is 15.0. The largest absolute Gasteiger partial charge is 0.396 e. The molecule has 3 heterocycles. The molecular formula is C21H19ClN2O2S. The summed E-state index contributed by atoms with van der Waals surface area (Å²) in [6.07, 6.45) is 0.784. The van der Waals surface area contributed by atoms with Gasteiger partial charge in [0.05, 0.1) is 11.3 Å². The van der Waals surface area contributed by atoms with Crippen LogP contribution in [-0.4, -0.2) is 22.6 Å². The molecule has 27 heavy (non-hydrogen) atoms. The zero-order valence-electron chi connectivity index (χ0n) is 15.3. The second-order valence-corrected chi connectivity index (χ2v) is 9.09. The molecule has 2 atom stereocenters. The monoisotopic (exact) mass is 398 g/mol. The second-order valence-electron chi connectivity index (χ2n) is 7.42. The number of aliphatic imine (C=N–C) groups is 1. The fourth-order valence-electron chi connectivity index (χ4n) is 4.11. The van der Waals surface area contributed by atoms with Gasteiger partial charge in [0, 0.05) is 38.4 Å². The molecule has 2 unspecified atom stereocenters. The van der Waals surface area contributed by atoms with Crippen molar-refractivity contribution in [3.05, 3.63) is 62.3 Å². The van der Waals surface area contributed by atoms with Crippen LogP contribution in [0.2, 0.25) is 5.02 Å². The lowest BCUT2D eigenvalue weighted by Gasteiger charge is -2.12. The molecule has 0 bridgehead atoms. The van der Waals surface area contributed by atoms with E-state index in [9.17, 15) is 5.11 Å². The Hall–Kier alpha value is -1.95. The summed E-state index contributed by atoms with van der Waals surface area (Å²) in [6, 6.07) is 7.82. The van der Waals surface area contributed by atoms with E-state index in [1.165, 1.54) is 10.4 Å². The van der Waals surface area contributed by atoms with Gasteiger partial charge in [-0.15, -0.1) is 11.3 Å². The lowest BCUT2D eigenvalue weighted by atomic mass is 9.96. The zero-order chi connectivity index (χ0) is 18.9. The minimum atomic E-state index is -0.504. The molecule has 5 rings (SSSR count). The number of aliphatic hydroxyl groups excluding tert-OH is 1. The summed E-state index contributed by atoms with van der Waals surface area (Å²) in [5.41, 5.74) is 5.78. The Bertz CT molecular complexity index is 1100. The van der Waals surface area contributed by atoms with Crippen LogP contribution in [0.25, 0.3) is 10.4 Å². The van der Waals surface area contributed by atoms with Crippen molar-refractivity contribution in [3.8, 4) is 10.4 Å². The van der Waals surface area contributed by atoms with Gasteiger partial charge >= 0.3 is 0 Å². The van der Waals surface area contributed by atoms with Crippen LogP contribution in [0.3, 0.4) is 0 Å².